The number of likely N-dealkylation sites (tertiary alicyclic amines) is 1. The first-order chi connectivity index (χ1) is 17.3. The van der Waals surface area contributed by atoms with Crippen molar-refractivity contribution in [2.24, 2.45) is 0 Å². The number of piperidine rings is 1. The Labute approximate surface area is 204 Å². The van der Waals surface area contributed by atoms with Crippen molar-refractivity contribution in [1.29, 1.82) is 0 Å². The van der Waals surface area contributed by atoms with Gasteiger partial charge in [0.15, 0.2) is 17.1 Å². The second-order valence-corrected chi connectivity index (χ2v) is 9.02. The monoisotopic (exact) mass is 471 g/mol. The quantitative estimate of drug-likeness (QED) is 0.418. The summed E-state index contributed by atoms with van der Waals surface area (Å²) in [6, 6.07) is 12.4. The van der Waals surface area contributed by atoms with E-state index in [1.54, 1.807) is 19.5 Å². The standard InChI is InChI=1S/C27H29N5O3/c1-33-22-8-6-20(14-21(22)17-31-10-3-2-4-11-31)26-27(32-12-9-28-16-25(32)30-26)29-15-19-5-7-23-24(13-19)35-18-34-23/h5-9,12-14,16,29H,2-4,10-11,15,17-18H2,1H3. The number of fused-ring (bicyclic) bond motifs is 2. The molecular weight excluding hydrogens is 442 g/mol. The number of methoxy groups -OCH3 is 1. The van der Waals surface area contributed by atoms with E-state index in [-0.39, 0.29) is 6.79 Å². The molecule has 1 fully saturated rings. The van der Waals surface area contributed by atoms with Gasteiger partial charge in [0.2, 0.25) is 6.79 Å². The van der Waals surface area contributed by atoms with Crippen molar-refractivity contribution in [1.82, 2.24) is 19.3 Å². The van der Waals surface area contributed by atoms with Gasteiger partial charge in [-0.2, -0.15) is 0 Å². The van der Waals surface area contributed by atoms with Crippen molar-refractivity contribution in [2.75, 3.05) is 32.3 Å². The molecule has 35 heavy (non-hydrogen) atoms. The maximum Gasteiger partial charge on any atom is 0.231 e. The lowest BCUT2D eigenvalue weighted by Gasteiger charge is -2.27. The van der Waals surface area contributed by atoms with Crippen LogP contribution in [0.5, 0.6) is 17.2 Å². The molecule has 4 aromatic rings. The molecule has 6 rings (SSSR count). The number of nitrogens with one attached hydrogen (secondary N) is 1. The average Bonchev–Trinajstić information content (AvgIpc) is 3.52. The van der Waals surface area contributed by atoms with Crippen LogP contribution in [0.25, 0.3) is 16.9 Å². The zero-order valence-corrected chi connectivity index (χ0v) is 19.9. The first-order valence-corrected chi connectivity index (χ1v) is 12.1. The SMILES string of the molecule is COc1ccc(-c2nc3cnccn3c2NCc2ccc3c(c2)OCO3)cc1CN1CCCCC1. The molecule has 0 aliphatic carbocycles. The fourth-order valence-electron chi connectivity index (χ4n) is 4.92. The normalized spacial score (nSPS) is 15.5. The molecule has 0 spiro atoms. The summed E-state index contributed by atoms with van der Waals surface area (Å²) in [5.41, 5.74) is 5.02. The minimum absolute atomic E-state index is 0.272. The van der Waals surface area contributed by atoms with E-state index in [2.05, 4.69) is 39.5 Å². The Balaban J connectivity index is 1.33. The second-order valence-electron chi connectivity index (χ2n) is 9.02. The topological polar surface area (TPSA) is 73.2 Å². The first-order valence-electron chi connectivity index (χ1n) is 12.1. The Kier molecular flexibility index (Phi) is 5.88. The van der Waals surface area contributed by atoms with Gasteiger partial charge in [-0.15, -0.1) is 0 Å². The van der Waals surface area contributed by atoms with Crippen LogP contribution in [0, 0.1) is 0 Å². The van der Waals surface area contributed by atoms with E-state index in [1.165, 1.54) is 24.8 Å². The van der Waals surface area contributed by atoms with Gasteiger partial charge < -0.3 is 19.5 Å². The molecule has 0 bridgehead atoms. The molecule has 2 aliphatic heterocycles. The Morgan fingerprint density at radius 2 is 1.91 bits per heavy atom. The van der Waals surface area contributed by atoms with Crippen LogP contribution >= 0.6 is 0 Å². The zero-order chi connectivity index (χ0) is 23.6. The molecule has 4 heterocycles. The van der Waals surface area contributed by atoms with Crippen LogP contribution in [0.15, 0.2) is 55.0 Å². The summed E-state index contributed by atoms with van der Waals surface area (Å²) in [7, 11) is 1.74. The summed E-state index contributed by atoms with van der Waals surface area (Å²) >= 11 is 0. The Morgan fingerprint density at radius 3 is 2.80 bits per heavy atom. The maximum absolute atomic E-state index is 5.71. The van der Waals surface area contributed by atoms with Crippen LogP contribution in [0.1, 0.15) is 30.4 Å². The van der Waals surface area contributed by atoms with Crippen molar-refractivity contribution in [2.45, 2.75) is 32.4 Å². The fraction of sp³-hybridized carbons (Fsp3) is 0.333. The maximum atomic E-state index is 5.71. The number of anilines is 1. The van der Waals surface area contributed by atoms with Gasteiger partial charge in [0, 0.05) is 36.6 Å². The van der Waals surface area contributed by atoms with E-state index in [9.17, 15) is 0 Å². The van der Waals surface area contributed by atoms with Crippen molar-refractivity contribution >= 4 is 11.5 Å². The van der Waals surface area contributed by atoms with Crippen molar-refractivity contribution in [3.63, 3.8) is 0 Å². The summed E-state index contributed by atoms with van der Waals surface area (Å²) in [4.78, 5) is 11.7. The third-order valence-electron chi connectivity index (χ3n) is 6.72. The molecular formula is C27H29N5O3. The Hall–Kier alpha value is -3.78. The summed E-state index contributed by atoms with van der Waals surface area (Å²) in [5, 5.41) is 3.61. The molecule has 180 valence electrons. The highest BCUT2D eigenvalue weighted by atomic mass is 16.7. The minimum atomic E-state index is 0.272. The zero-order valence-electron chi connectivity index (χ0n) is 19.9. The summed E-state index contributed by atoms with van der Waals surface area (Å²) in [6.45, 7) is 4.04. The highest BCUT2D eigenvalue weighted by Gasteiger charge is 2.19. The molecule has 0 atom stereocenters. The predicted molar refractivity (Wildman–Crippen MR) is 134 cm³/mol. The van der Waals surface area contributed by atoms with Gasteiger partial charge in [-0.3, -0.25) is 14.3 Å². The van der Waals surface area contributed by atoms with E-state index >= 15 is 0 Å². The molecule has 0 saturated carbocycles. The fourth-order valence-corrected chi connectivity index (χ4v) is 4.92. The summed E-state index contributed by atoms with van der Waals surface area (Å²) < 4.78 is 18.7. The third-order valence-corrected chi connectivity index (χ3v) is 6.72. The number of hydrogen-bond acceptors (Lipinski definition) is 7. The molecule has 2 aromatic carbocycles. The van der Waals surface area contributed by atoms with E-state index in [0.717, 1.165) is 65.2 Å². The number of rotatable bonds is 7. The predicted octanol–water partition coefficient (Wildman–Crippen LogP) is 4.73. The second kappa shape index (κ2) is 9.46. The Morgan fingerprint density at radius 1 is 1.03 bits per heavy atom. The van der Waals surface area contributed by atoms with Crippen LogP contribution in [-0.2, 0) is 13.1 Å². The molecule has 0 amide bonds. The van der Waals surface area contributed by atoms with Gasteiger partial charge in [0.25, 0.3) is 0 Å². The van der Waals surface area contributed by atoms with Gasteiger partial charge in [-0.05, 0) is 61.8 Å². The molecule has 2 aromatic heterocycles. The number of hydrogen-bond donors (Lipinski definition) is 1. The molecule has 0 radical (unpaired) electrons. The van der Waals surface area contributed by atoms with Crippen molar-refractivity contribution in [3.05, 3.63) is 66.1 Å². The van der Waals surface area contributed by atoms with Crippen LogP contribution in [0.4, 0.5) is 5.82 Å². The van der Waals surface area contributed by atoms with Gasteiger partial charge in [0.1, 0.15) is 17.3 Å². The summed E-state index contributed by atoms with van der Waals surface area (Å²) in [5.74, 6) is 3.41. The highest BCUT2D eigenvalue weighted by molar-refractivity contribution is 5.77. The van der Waals surface area contributed by atoms with Crippen molar-refractivity contribution in [3.8, 4) is 28.5 Å². The number of ether oxygens (including phenoxy) is 3. The molecule has 8 nitrogen and oxygen atoms in total. The highest BCUT2D eigenvalue weighted by Crippen LogP contribution is 2.35. The number of aromatic nitrogens is 3. The van der Waals surface area contributed by atoms with Crippen LogP contribution in [0.2, 0.25) is 0 Å². The summed E-state index contributed by atoms with van der Waals surface area (Å²) in [6.07, 6.45) is 9.34. The number of benzene rings is 2. The van der Waals surface area contributed by atoms with Crippen molar-refractivity contribution < 1.29 is 14.2 Å². The molecule has 1 N–H and O–H groups in total. The lowest BCUT2D eigenvalue weighted by molar-refractivity contribution is 0.174. The van der Waals surface area contributed by atoms with Gasteiger partial charge >= 0.3 is 0 Å². The number of imidazole rings is 1. The van der Waals surface area contributed by atoms with Crippen LogP contribution in [-0.4, -0.2) is 46.3 Å². The first kappa shape index (κ1) is 21.7. The van der Waals surface area contributed by atoms with Gasteiger partial charge in [0.05, 0.1) is 13.3 Å². The van der Waals surface area contributed by atoms with Crippen LogP contribution < -0.4 is 19.5 Å². The van der Waals surface area contributed by atoms with Gasteiger partial charge in [-0.1, -0.05) is 12.5 Å². The van der Waals surface area contributed by atoms with E-state index in [1.807, 2.05) is 22.7 Å². The van der Waals surface area contributed by atoms with Crippen LogP contribution in [0.3, 0.4) is 0 Å². The van der Waals surface area contributed by atoms with Gasteiger partial charge in [-0.25, -0.2) is 4.98 Å². The Bertz CT molecular complexity index is 1350. The molecule has 2 aliphatic rings. The van der Waals surface area contributed by atoms with E-state index in [0.29, 0.717) is 6.54 Å². The average molecular weight is 472 g/mol. The third kappa shape index (κ3) is 4.37. The number of nitrogens with zero attached hydrogens (tertiary/aromatic N) is 4. The molecule has 0 unspecified atom stereocenters. The van der Waals surface area contributed by atoms with E-state index in [4.69, 9.17) is 19.2 Å². The molecule has 1 saturated heterocycles. The lowest BCUT2D eigenvalue weighted by atomic mass is 10.0. The smallest absolute Gasteiger partial charge is 0.231 e. The lowest BCUT2D eigenvalue weighted by Crippen LogP contribution is -2.29. The molecule has 8 heteroatoms. The largest absolute Gasteiger partial charge is 0.496 e. The van der Waals surface area contributed by atoms with E-state index < -0.39 is 0 Å². The minimum Gasteiger partial charge on any atom is -0.496 e.